The molecule has 1 nitrogen and oxygen atoms in total. The molecule has 0 saturated carbocycles. The van der Waals surface area contributed by atoms with Crippen LogP contribution in [0.15, 0.2) is 97.3 Å². The van der Waals surface area contributed by atoms with Gasteiger partial charge in [0.1, 0.15) is 0 Å². The summed E-state index contributed by atoms with van der Waals surface area (Å²) in [4.78, 5) is 3.97. The predicted molar refractivity (Wildman–Crippen MR) is 134 cm³/mol. The van der Waals surface area contributed by atoms with Gasteiger partial charge >= 0.3 is 0 Å². The van der Waals surface area contributed by atoms with Crippen LogP contribution in [0, 0.1) is 0 Å². The smallest absolute Gasteiger partial charge is 0.0273 e. The maximum atomic E-state index is 3.97. The zero-order chi connectivity index (χ0) is 20.2. The third-order valence-corrected chi connectivity index (χ3v) is 6.05. The Labute approximate surface area is 190 Å². The van der Waals surface area contributed by atoms with Crippen molar-refractivity contribution in [3.05, 3.63) is 120 Å². The van der Waals surface area contributed by atoms with Crippen LogP contribution in [-0.2, 0) is 19.3 Å². The van der Waals surface area contributed by atoms with Gasteiger partial charge in [0, 0.05) is 12.4 Å². The highest BCUT2D eigenvalue weighted by atomic mass is 35.5. The molecule has 0 N–H and O–H groups in total. The van der Waals surface area contributed by atoms with Crippen molar-refractivity contribution in [1.29, 1.82) is 0 Å². The summed E-state index contributed by atoms with van der Waals surface area (Å²) in [6.07, 6.45) is 13.1. The second kappa shape index (κ2) is 9.76. The number of aromatic nitrogens is 1. The Balaban J connectivity index is 0.000000156. The maximum Gasteiger partial charge on any atom is 0.0273 e. The standard InChI is InChI=1S/C18H16.C11H9N.ClH/c1-3-7-15-13(5-1)9-11-18-16-8-4-2-6-14(16)10-12-17(15)18;1-2-4-10(5-3-1)11-6-8-12-9-7-11;/h1,3-5,7-8,10,12H,2,6,9,11H2;1-9H;1H. The molecule has 3 aromatic carbocycles. The van der Waals surface area contributed by atoms with Crippen molar-refractivity contribution in [3.63, 3.8) is 0 Å². The Morgan fingerprint density at radius 3 is 2.16 bits per heavy atom. The van der Waals surface area contributed by atoms with Crippen LogP contribution >= 0.6 is 12.4 Å². The first kappa shape index (κ1) is 21.1. The third kappa shape index (κ3) is 4.47. The van der Waals surface area contributed by atoms with Crippen LogP contribution in [0.3, 0.4) is 0 Å². The first-order valence-corrected chi connectivity index (χ1v) is 10.8. The number of halogens is 1. The zero-order valence-electron chi connectivity index (χ0n) is 17.5. The molecule has 2 aliphatic rings. The minimum atomic E-state index is 0. The normalized spacial score (nSPS) is 12.9. The predicted octanol–water partition coefficient (Wildman–Crippen LogP) is 7.58. The molecule has 0 unspecified atom stereocenters. The number of aryl methyl sites for hydroxylation is 2. The van der Waals surface area contributed by atoms with E-state index in [9.17, 15) is 0 Å². The summed E-state index contributed by atoms with van der Waals surface area (Å²) < 4.78 is 0. The molecule has 0 spiro atoms. The molecule has 0 fully saturated rings. The van der Waals surface area contributed by atoms with Crippen LogP contribution in [0.5, 0.6) is 0 Å². The van der Waals surface area contributed by atoms with E-state index in [2.05, 4.69) is 65.7 Å². The van der Waals surface area contributed by atoms with E-state index in [1.807, 2.05) is 42.7 Å². The molecule has 1 aromatic heterocycles. The second-order valence-corrected chi connectivity index (χ2v) is 7.86. The lowest BCUT2D eigenvalue weighted by molar-refractivity contribution is 0.915. The minimum absolute atomic E-state index is 0. The van der Waals surface area contributed by atoms with Crippen molar-refractivity contribution in [2.24, 2.45) is 0 Å². The average Bonchev–Trinajstić information content (AvgIpc) is 2.85. The molecule has 0 radical (unpaired) electrons. The third-order valence-electron chi connectivity index (χ3n) is 6.05. The van der Waals surface area contributed by atoms with Crippen LogP contribution in [0.25, 0.3) is 28.3 Å². The van der Waals surface area contributed by atoms with Gasteiger partial charge in [-0.3, -0.25) is 4.98 Å². The van der Waals surface area contributed by atoms with Gasteiger partial charge in [0.05, 0.1) is 0 Å². The molecule has 2 aliphatic carbocycles. The summed E-state index contributed by atoms with van der Waals surface area (Å²) in [6.45, 7) is 0. The van der Waals surface area contributed by atoms with Crippen LogP contribution in [0.1, 0.15) is 28.7 Å². The highest BCUT2D eigenvalue weighted by Gasteiger charge is 2.19. The highest BCUT2D eigenvalue weighted by molar-refractivity contribution is 5.85. The van der Waals surface area contributed by atoms with E-state index in [4.69, 9.17) is 0 Å². The van der Waals surface area contributed by atoms with Gasteiger partial charge in [0.25, 0.3) is 0 Å². The van der Waals surface area contributed by atoms with Gasteiger partial charge in [-0.2, -0.15) is 0 Å². The van der Waals surface area contributed by atoms with Crippen LogP contribution in [0.4, 0.5) is 0 Å². The van der Waals surface area contributed by atoms with Crippen molar-refractivity contribution in [3.8, 4) is 22.3 Å². The SMILES string of the molecule is C1=Cc2c(ccc3c2CCc2ccccc2-3)CC1.Cl.c1ccc(-c2ccncc2)cc1. The summed E-state index contributed by atoms with van der Waals surface area (Å²) >= 11 is 0. The van der Waals surface area contributed by atoms with Crippen molar-refractivity contribution in [2.75, 3.05) is 0 Å². The fourth-order valence-electron chi connectivity index (χ4n) is 4.54. The van der Waals surface area contributed by atoms with E-state index in [-0.39, 0.29) is 12.4 Å². The summed E-state index contributed by atoms with van der Waals surface area (Å²) in [5, 5.41) is 0. The maximum absolute atomic E-state index is 3.97. The van der Waals surface area contributed by atoms with Crippen LogP contribution in [-0.4, -0.2) is 4.98 Å². The van der Waals surface area contributed by atoms with E-state index in [1.165, 1.54) is 64.6 Å². The van der Waals surface area contributed by atoms with Crippen LogP contribution < -0.4 is 0 Å². The monoisotopic (exact) mass is 423 g/mol. The molecule has 154 valence electrons. The molecule has 2 heteroatoms. The fraction of sp³-hybridized carbons (Fsp3) is 0.138. The molecule has 0 aliphatic heterocycles. The molecule has 0 bridgehead atoms. The lowest BCUT2D eigenvalue weighted by Crippen LogP contribution is -2.08. The Morgan fingerprint density at radius 2 is 1.32 bits per heavy atom. The number of nitrogens with zero attached hydrogens (tertiary/aromatic N) is 1. The van der Waals surface area contributed by atoms with E-state index in [0.29, 0.717) is 0 Å². The van der Waals surface area contributed by atoms with E-state index < -0.39 is 0 Å². The molecular weight excluding hydrogens is 398 g/mol. The van der Waals surface area contributed by atoms with Gasteiger partial charge in [0.15, 0.2) is 0 Å². The summed E-state index contributed by atoms with van der Waals surface area (Å²) in [7, 11) is 0. The van der Waals surface area contributed by atoms with E-state index in [0.717, 1.165) is 0 Å². The Morgan fingerprint density at radius 1 is 0.581 bits per heavy atom. The van der Waals surface area contributed by atoms with Gasteiger partial charge < -0.3 is 0 Å². The summed E-state index contributed by atoms with van der Waals surface area (Å²) in [5.41, 5.74) is 11.5. The first-order valence-electron chi connectivity index (χ1n) is 10.8. The zero-order valence-corrected chi connectivity index (χ0v) is 18.3. The summed E-state index contributed by atoms with van der Waals surface area (Å²) in [6, 6.07) is 27.8. The number of hydrogen-bond acceptors (Lipinski definition) is 1. The van der Waals surface area contributed by atoms with E-state index in [1.54, 1.807) is 5.56 Å². The number of rotatable bonds is 1. The molecule has 4 aromatic rings. The molecule has 1 heterocycles. The molecule has 6 rings (SSSR count). The Bertz CT molecular complexity index is 1140. The summed E-state index contributed by atoms with van der Waals surface area (Å²) in [5.74, 6) is 0. The lowest BCUT2D eigenvalue weighted by atomic mass is 9.80. The number of pyridine rings is 1. The Hall–Kier alpha value is -3.16. The molecule has 0 atom stereocenters. The molecular formula is C29H26ClN. The van der Waals surface area contributed by atoms with Gasteiger partial charge in [-0.1, -0.05) is 78.9 Å². The van der Waals surface area contributed by atoms with Crippen molar-refractivity contribution >= 4 is 18.5 Å². The molecule has 0 amide bonds. The van der Waals surface area contributed by atoms with Gasteiger partial charge in [0.2, 0.25) is 0 Å². The lowest BCUT2D eigenvalue weighted by Gasteiger charge is -2.24. The number of fused-ring (bicyclic) bond motifs is 5. The Kier molecular flexibility index (Phi) is 6.64. The quantitative estimate of drug-likeness (QED) is 0.307. The number of benzene rings is 3. The molecule has 0 saturated heterocycles. The van der Waals surface area contributed by atoms with Crippen molar-refractivity contribution in [1.82, 2.24) is 4.98 Å². The van der Waals surface area contributed by atoms with Crippen LogP contribution in [0.2, 0.25) is 0 Å². The van der Waals surface area contributed by atoms with Crippen molar-refractivity contribution in [2.45, 2.75) is 25.7 Å². The molecule has 31 heavy (non-hydrogen) atoms. The average molecular weight is 424 g/mol. The van der Waals surface area contributed by atoms with Crippen molar-refractivity contribution < 1.29 is 0 Å². The minimum Gasteiger partial charge on any atom is -0.265 e. The highest BCUT2D eigenvalue weighted by Crippen LogP contribution is 2.38. The van der Waals surface area contributed by atoms with Gasteiger partial charge in [-0.05, 0) is 82.3 Å². The largest absolute Gasteiger partial charge is 0.265 e. The first-order chi connectivity index (χ1) is 14.9. The van der Waals surface area contributed by atoms with Gasteiger partial charge in [-0.15, -0.1) is 12.4 Å². The van der Waals surface area contributed by atoms with E-state index >= 15 is 0 Å². The number of hydrogen-bond donors (Lipinski definition) is 0. The topological polar surface area (TPSA) is 12.9 Å². The van der Waals surface area contributed by atoms with Gasteiger partial charge in [-0.25, -0.2) is 0 Å². The fourth-order valence-corrected chi connectivity index (χ4v) is 4.54. The second-order valence-electron chi connectivity index (χ2n) is 7.86. The number of allylic oxidation sites excluding steroid dienone is 1.